The Balaban J connectivity index is 1.56. The zero-order valence-corrected chi connectivity index (χ0v) is 11.3. The van der Waals surface area contributed by atoms with E-state index in [1.807, 2.05) is 9.47 Å². The fourth-order valence-electron chi connectivity index (χ4n) is 2.55. The number of nitrogens with two attached hydrogens (primary N) is 1. The van der Waals surface area contributed by atoms with Gasteiger partial charge in [-0.25, -0.2) is 15.0 Å². The van der Waals surface area contributed by atoms with Gasteiger partial charge in [0.15, 0.2) is 5.65 Å². The Kier molecular flexibility index (Phi) is 3.60. The highest BCUT2D eigenvalue weighted by Crippen LogP contribution is 2.12. The first-order valence-corrected chi connectivity index (χ1v) is 6.88. The van der Waals surface area contributed by atoms with Gasteiger partial charge in [-0.05, 0) is 12.8 Å². The Hall–Kier alpha value is -2.02. The number of imidazole rings is 1. The van der Waals surface area contributed by atoms with Crippen molar-refractivity contribution in [2.75, 3.05) is 13.1 Å². The zero-order valence-electron chi connectivity index (χ0n) is 11.3. The fraction of sp³-hybridized carbons (Fsp3) is 0.538. The lowest BCUT2D eigenvalue weighted by molar-refractivity contribution is -0.133. The van der Waals surface area contributed by atoms with Gasteiger partial charge in [-0.15, -0.1) is 0 Å². The molecule has 1 fully saturated rings. The molecule has 0 aromatic carbocycles. The van der Waals surface area contributed by atoms with Crippen LogP contribution in [0.3, 0.4) is 0 Å². The molecule has 3 heterocycles. The Bertz CT molecular complexity index is 610. The largest absolute Gasteiger partial charge is 0.343 e. The molecule has 106 valence electrons. The molecule has 0 spiro atoms. The van der Waals surface area contributed by atoms with Crippen LogP contribution in [-0.4, -0.2) is 49.5 Å². The molecule has 1 unspecified atom stereocenters. The van der Waals surface area contributed by atoms with Crippen LogP contribution < -0.4 is 5.73 Å². The molecular formula is C13H18N6O. The third-order valence-electron chi connectivity index (χ3n) is 3.67. The van der Waals surface area contributed by atoms with Crippen molar-refractivity contribution in [3.05, 3.63) is 18.9 Å². The van der Waals surface area contributed by atoms with Crippen molar-refractivity contribution in [1.82, 2.24) is 24.4 Å². The summed E-state index contributed by atoms with van der Waals surface area (Å²) in [6.07, 6.45) is 7.25. The van der Waals surface area contributed by atoms with E-state index in [-0.39, 0.29) is 11.9 Å². The summed E-state index contributed by atoms with van der Waals surface area (Å²) in [4.78, 5) is 26.1. The number of amides is 1. The van der Waals surface area contributed by atoms with E-state index >= 15 is 0 Å². The van der Waals surface area contributed by atoms with Crippen LogP contribution in [0.25, 0.3) is 11.2 Å². The highest BCUT2D eigenvalue weighted by atomic mass is 16.2. The van der Waals surface area contributed by atoms with Crippen LogP contribution in [0.15, 0.2) is 18.9 Å². The molecule has 2 N–H and O–H groups in total. The van der Waals surface area contributed by atoms with Gasteiger partial charge in [-0.1, -0.05) is 0 Å². The number of aryl methyl sites for hydroxylation is 1. The first-order valence-electron chi connectivity index (χ1n) is 6.88. The summed E-state index contributed by atoms with van der Waals surface area (Å²) >= 11 is 0. The number of rotatable bonds is 4. The highest BCUT2D eigenvalue weighted by molar-refractivity contribution is 5.77. The minimum atomic E-state index is 0.0352. The molecule has 1 aliphatic heterocycles. The van der Waals surface area contributed by atoms with Crippen LogP contribution >= 0.6 is 0 Å². The predicted octanol–water partition coefficient (Wildman–Crippen LogP) is 0.166. The Morgan fingerprint density at radius 1 is 1.35 bits per heavy atom. The number of hydrogen-bond donors (Lipinski definition) is 1. The van der Waals surface area contributed by atoms with Crippen molar-refractivity contribution < 1.29 is 4.79 Å². The van der Waals surface area contributed by atoms with Gasteiger partial charge in [0.05, 0.1) is 12.5 Å². The molecule has 1 aliphatic rings. The third-order valence-corrected chi connectivity index (χ3v) is 3.67. The average molecular weight is 274 g/mol. The van der Waals surface area contributed by atoms with E-state index < -0.39 is 0 Å². The summed E-state index contributed by atoms with van der Waals surface area (Å²) in [5, 5.41) is 0. The maximum atomic E-state index is 11.8. The van der Waals surface area contributed by atoms with Crippen molar-refractivity contribution in [3.63, 3.8) is 0 Å². The molecule has 0 bridgehead atoms. The van der Waals surface area contributed by atoms with Gasteiger partial charge in [0.2, 0.25) is 5.91 Å². The van der Waals surface area contributed by atoms with E-state index in [9.17, 15) is 4.79 Å². The van der Waals surface area contributed by atoms with Crippen LogP contribution in [0.1, 0.15) is 19.3 Å². The summed E-state index contributed by atoms with van der Waals surface area (Å²) in [5.74, 6) is 0.168. The second-order valence-corrected chi connectivity index (χ2v) is 5.16. The van der Waals surface area contributed by atoms with Crippen molar-refractivity contribution >= 4 is 17.1 Å². The number of carbonyl (C=O) groups is 1. The van der Waals surface area contributed by atoms with E-state index in [4.69, 9.17) is 5.73 Å². The molecule has 0 radical (unpaired) electrons. The molecule has 0 aliphatic carbocycles. The van der Waals surface area contributed by atoms with Crippen LogP contribution in [0.2, 0.25) is 0 Å². The van der Waals surface area contributed by atoms with Gasteiger partial charge < -0.3 is 15.2 Å². The van der Waals surface area contributed by atoms with Crippen molar-refractivity contribution in [3.8, 4) is 0 Å². The second kappa shape index (κ2) is 5.54. The smallest absolute Gasteiger partial charge is 0.224 e. The number of piperidine rings is 1. The summed E-state index contributed by atoms with van der Waals surface area (Å²) in [5.41, 5.74) is 7.42. The molecule has 0 saturated carbocycles. The number of fused-ring (bicyclic) bond motifs is 1. The lowest BCUT2D eigenvalue weighted by Gasteiger charge is -2.30. The van der Waals surface area contributed by atoms with Crippen molar-refractivity contribution in [2.45, 2.75) is 31.8 Å². The number of carbonyl (C=O) groups excluding carboxylic acids is 1. The van der Waals surface area contributed by atoms with E-state index in [1.54, 1.807) is 12.5 Å². The molecule has 2 aromatic heterocycles. The van der Waals surface area contributed by atoms with Crippen molar-refractivity contribution in [1.29, 1.82) is 0 Å². The lowest BCUT2D eigenvalue weighted by Crippen LogP contribution is -2.44. The zero-order chi connectivity index (χ0) is 13.9. The molecule has 20 heavy (non-hydrogen) atoms. The summed E-state index contributed by atoms with van der Waals surface area (Å²) in [6, 6.07) is 0.0352. The standard InChI is InChI=1S/C13H18N6O/c14-10-2-5-18(12(20)6-10)3-1-4-19-9-17-11-7-15-8-16-13(11)19/h7-10H,1-6,14H2. The topological polar surface area (TPSA) is 89.9 Å². The first kappa shape index (κ1) is 13.0. The Labute approximate surface area is 116 Å². The molecular weight excluding hydrogens is 256 g/mol. The average Bonchev–Trinajstić information content (AvgIpc) is 2.85. The summed E-state index contributed by atoms with van der Waals surface area (Å²) in [6.45, 7) is 2.33. The van der Waals surface area contributed by atoms with Gasteiger partial charge in [0, 0.05) is 32.1 Å². The molecule has 2 aromatic rings. The minimum absolute atomic E-state index is 0.0352. The molecule has 7 heteroatoms. The number of likely N-dealkylation sites (tertiary alicyclic amines) is 1. The molecule has 7 nitrogen and oxygen atoms in total. The number of aromatic nitrogens is 4. The van der Waals surface area contributed by atoms with E-state index in [0.29, 0.717) is 6.42 Å². The van der Waals surface area contributed by atoms with Crippen LogP contribution in [0.4, 0.5) is 0 Å². The predicted molar refractivity (Wildman–Crippen MR) is 73.7 cm³/mol. The van der Waals surface area contributed by atoms with Gasteiger partial charge in [0.1, 0.15) is 11.8 Å². The molecule has 1 saturated heterocycles. The van der Waals surface area contributed by atoms with E-state index in [0.717, 1.165) is 43.6 Å². The number of hydrogen-bond acceptors (Lipinski definition) is 5. The second-order valence-electron chi connectivity index (χ2n) is 5.16. The highest BCUT2D eigenvalue weighted by Gasteiger charge is 2.22. The maximum absolute atomic E-state index is 11.8. The summed E-state index contributed by atoms with van der Waals surface area (Å²) in [7, 11) is 0. The van der Waals surface area contributed by atoms with Gasteiger partial charge in [-0.3, -0.25) is 4.79 Å². The summed E-state index contributed by atoms with van der Waals surface area (Å²) < 4.78 is 2.00. The molecule has 1 amide bonds. The van der Waals surface area contributed by atoms with Crippen LogP contribution in [-0.2, 0) is 11.3 Å². The van der Waals surface area contributed by atoms with Gasteiger partial charge in [0.25, 0.3) is 0 Å². The van der Waals surface area contributed by atoms with Crippen molar-refractivity contribution in [2.24, 2.45) is 5.73 Å². The third kappa shape index (κ3) is 2.62. The maximum Gasteiger partial charge on any atom is 0.224 e. The van der Waals surface area contributed by atoms with E-state index in [1.165, 1.54) is 6.33 Å². The van der Waals surface area contributed by atoms with Gasteiger partial charge >= 0.3 is 0 Å². The number of nitrogens with zero attached hydrogens (tertiary/aromatic N) is 5. The van der Waals surface area contributed by atoms with E-state index in [2.05, 4.69) is 15.0 Å². The minimum Gasteiger partial charge on any atom is -0.343 e. The molecule has 3 rings (SSSR count). The lowest BCUT2D eigenvalue weighted by atomic mass is 10.1. The quantitative estimate of drug-likeness (QED) is 0.858. The Morgan fingerprint density at radius 3 is 3.10 bits per heavy atom. The fourth-order valence-corrected chi connectivity index (χ4v) is 2.55. The monoisotopic (exact) mass is 274 g/mol. The molecule has 1 atom stereocenters. The van der Waals surface area contributed by atoms with Crippen LogP contribution in [0, 0.1) is 0 Å². The first-order chi connectivity index (χ1) is 9.74. The Morgan fingerprint density at radius 2 is 2.25 bits per heavy atom. The SMILES string of the molecule is NC1CCN(CCCn2cnc3cncnc32)C(=O)C1. The normalized spacial score (nSPS) is 19.8. The van der Waals surface area contributed by atoms with Crippen LogP contribution in [0.5, 0.6) is 0 Å². The van der Waals surface area contributed by atoms with Gasteiger partial charge in [-0.2, -0.15) is 0 Å².